The van der Waals surface area contributed by atoms with E-state index in [2.05, 4.69) is 36.0 Å². The summed E-state index contributed by atoms with van der Waals surface area (Å²) in [4.78, 5) is 4.03. The zero-order chi connectivity index (χ0) is 9.90. The summed E-state index contributed by atoms with van der Waals surface area (Å²) < 4.78 is 0. The predicted molar refractivity (Wildman–Crippen MR) is 52.0 cm³/mol. The molecule has 1 heterocycles. The molecule has 0 saturated carbocycles. The lowest BCUT2D eigenvalue weighted by Gasteiger charge is -2.19. The van der Waals surface area contributed by atoms with Gasteiger partial charge >= 0.3 is 0 Å². The van der Waals surface area contributed by atoms with Crippen LogP contribution in [0, 0.1) is 5.41 Å². The zero-order valence-corrected chi connectivity index (χ0v) is 8.54. The Kier molecular flexibility index (Phi) is 3.03. The number of nitrogens with two attached hydrogens (primary N) is 1. The largest absolute Gasteiger partial charge is 0.321 e. The number of nitrogens with one attached hydrogen (secondary N) is 1. The van der Waals surface area contributed by atoms with Crippen molar-refractivity contribution in [2.24, 2.45) is 11.1 Å². The lowest BCUT2D eigenvalue weighted by Crippen LogP contribution is -2.15. The Morgan fingerprint density at radius 2 is 2.23 bits per heavy atom. The van der Waals surface area contributed by atoms with Crippen LogP contribution >= 0.6 is 0 Å². The highest BCUT2D eigenvalue weighted by molar-refractivity contribution is 4.89. The fraction of sp³-hybridized carbons (Fsp3) is 0.778. The van der Waals surface area contributed by atoms with E-state index in [4.69, 9.17) is 5.73 Å². The first-order valence-corrected chi connectivity index (χ1v) is 4.60. The van der Waals surface area contributed by atoms with Crippen LogP contribution < -0.4 is 5.73 Å². The Balaban J connectivity index is 2.39. The van der Waals surface area contributed by atoms with Crippen LogP contribution in [0.25, 0.3) is 0 Å². The lowest BCUT2D eigenvalue weighted by molar-refractivity contribution is 0.347. The van der Waals surface area contributed by atoms with Gasteiger partial charge in [-0.2, -0.15) is 5.10 Å². The fourth-order valence-corrected chi connectivity index (χ4v) is 1.12. The summed E-state index contributed by atoms with van der Waals surface area (Å²) in [5.41, 5.74) is 6.24. The van der Waals surface area contributed by atoms with Gasteiger partial charge in [-0.25, -0.2) is 4.98 Å². The predicted octanol–water partition coefficient (Wildman–Crippen LogP) is 1.63. The van der Waals surface area contributed by atoms with Crippen LogP contribution in [0.5, 0.6) is 0 Å². The highest BCUT2D eigenvalue weighted by atomic mass is 15.2. The normalized spacial score (nSPS) is 14.5. The molecule has 0 spiro atoms. The first kappa shape index (κ1) is 10.2. The summed E-state index contributed by atoms with van der Waals surface area (Å²) in [5, 5.41) is 6.56. The number of hydrogen-bond acceptors (Lipinski definition) is 3. The molecule has 1 aromatic rings. The first-order valence-electron chi connectivity index (χ1n) is 4.60. The van der Waals surface area contributed by atoms with Gasteiger partial charge in [-0.15, -0.1) is 0 Å². The Labute approximate surface area is 78.9 Å². The van der Waals surface area contributed by atoms with E-state index in [1.54, 1.807) is 0 Å². The molecule has 3 N–H and O–H groups in total. The van der Waals surface area contributed by atoms with E-state index in [1.165, 1.54) is 6.33 Å². The molecule has 1 atom stereocenters. The van der Waals surface area contributed by atoms with E-state index < -0.39 is 0 Å². The van der Waals surface area contributed by atoms with E-state index in [-0.39, 0.29) is 6.04 Å². The summed E-state index contributed by atoms with van der Waals surface area (Å²) in [7, 11) is 0. The minimum Gasteiger partial charge on any atom is -0.321 e. The maximum atomic E-state index is 5.91. The molecular weight excluding hydrogens is 164 g/mol. The summed E-state index contributed by atoms with van der Waals surface area (Å²) in [6.07, 6.45) is 3.53. The molecule has 0 saturated heterocycles. The minimum absolute atomic E-state index is 0.0123. The van der Waals surface area contributed by atoms with Crippen molar-refractivity contribution < 1.29 is 0 Å². The average Bonchev–Trinajstić information content (AvgIpc) is 2.50. The SMILES string of the molecule is CC(C)(C)CCC(N)c1ncn[nH]1. The highest BCUT2D eigenvalue weighted by Crippen LogP contribution is 2.24. The van der Waals surface area contributed by atoms with E-state index in [1.807, 2.05) is 0 Å². The quantitative estimate of drug-likeness (QED) is 0.746. The molecule has 0 radical (unpaired) electrons. The van der Waals surface area contributed by atoms with Gasteiger partial charge in [-0.3, -0.25) is 5.10 Å². The van der Waals surface area contributed by atoms with Gasteiger partial charge in [0.2, 0.25) is 0 Å². The molecule has 4 nitrogen and oxygen atoms in total. The standard InChI is InChI=1S/C9H18N4/c1-9(2,3)5-4-7(10)8-11-6-12-13-8/h6-7H,4-5,10H2,1-3H3,(H,11,12,13). The van der Waals surface area contributed by atoms with Gasteiger partial charge in [0.25, 0.3) is 0 Å². The second kappa shape index (κ2) is 3.87. The lowest BCUT2D eigenvalue weighted by atomic mass is 9.89. The van der Waals surface area contributed by atoms with Gasteiger partial charge in [0.15, 0.2) is 0 Å². The molecule has 74 valence electrons. The molecule has 1 rings (SSSR count). The fourth-order valence-electron chi connectivity index (χ4n) is 1.12. The number of aromatic nitrogens is 3. The third kappa shape index (κ3) is 3.55. The van der Waals surface area contributed by atoms with Crippen LogP contribution in [0.15, 0.2) is 6.33 Å². The maximum Gasteiger partial charge on any atom is 0.141 e. The second-order valence-electron chi connectivity index (χ2n) is 4.58. The van der Waals surface area contributed by atoms with Gasteiger partial charge in [-0.1, -0.05) is 20.8 Å². The van der Waals surface area contributed by atoms with Crippen molar-refractivity contribution in [1.82, 2.24) is 15.2 Å². The van der Waals surface area contributed by atoms with Crippen molar-refractivity contribution in [2.45, 2.75) is 39.7 Å². The molecule has 0 amide bonds. The molecule has 0 aromatic carbocycles. The Hall–Kier alpha value is -0.900. The second-order valence-corrected chi connectivity index (χ2v) is 4.58. The molecule has 13 heavy (non-hydrogen) atoms. The van der Waals surface area contributed by atoms with Crippen molar-refractivity contribution >= 4 is 0 Å². The number of nitrogens with zero attached hydrogens (tertiary/aromatic N) is 2. The van der Waals surface area contributed by atoms with Crippen LogP contribution in [0.3, 0.4) is 0 Å². The highest BCUT2D eigenvalue weighted by Gasteiger charge is 2.15. The molecule has 0 fully saturated rings. The van der Waals surface area contributed by atoms with Crippen molar-refractivity contribution in [2.75, 3.05) is 0 Å². The molecular formula is C9H18N4. The van der Waals surface area contributed by atoms with Crippen LogP contribution in [0.4, 0.5) is 0 Å². The van der Waals surface area contributed by atoms with E-state index in [9.17, 15) is 0 Å². The van der Waals surface area contributed by atoms with Crippen LogP contribution in [0.2, 0.25) is 0 Å². The third-order valence-electron chi connectivity index (χ3n) is 1.99. The Bertz CT molecular complexity index is 235. The van der Waals surface area contributed by atoms with Crippen molar-refractivity contribution in [1.29, 1.82) is 0 Å². The molecule has 0 aliphatic heterocycles. The number of H-pyrrole nitrogens is 1. The van der Waals surface area contributed by atoms with Gasteiger partial charge in [0, 0.05) is 0 Å². The van der Waals surface area contributed by atoms with E-state index in [0.29, 0.717) is 5.41 Å². The molecule has 0 bridgehead atoms. The average molecular weight is 182 g/mol. The van der Waals surface area contributed by atoms with E-state index in [0.717, 1.165) is 18.7 Å². The molecule has 0 aliphatic carbocycles. The van der Waals surface area contributed by atoms with Crippen LogP contribution in [-0.2, 0) is 0 Å². The first-order chi connectivity index (χ1) is 5.99. The van der Waals surface area contributed by atoms with Gasteiger partial charge in [0.05, 0.1) is 6.04 Å². The number of aromatic amines is 1. The zero-order valence-electron chi connectivity index (χ0n) is 8.54. The van der Waals surface area contributed by atoms with Gasteiger partial charge in [-0.05, 0) is 18.3 Å². The molecule has 1 unspecified atom stereocenters. The topological polar surface area (TPSA) is 67.6 Å². The molecule has 4 heteroatoms. The van der Waals surface area contributed by atoms with Gasteiger partial charge in [0.1, 0.15) is 12.2 Å². The maximum absolute atomic E-state index is 5.91. The Morgan fingerprint density at radius 1 is 1.54 bits per heavy atom. The monoisotopic (exact) mass is 182 g/mol. The molecule has 1 aromatic heterocycles. The smallest absolute Gasteiger partial charge is 0.141 e. The summed E-state index contributed by atoms with van der Waals surface area (Å²) in [5.74, 6) is 0.782. The number of rotatable bonds is 3. The van der Waals surface area contributed by atoms with Crippen LogP contribution in [-0.4, -0.2) is 15.2 Å². The van der Waals surface area contributed by atoms with Crippen LogP contribution in [0.1, 0.15) is 45.5 Å². The summed E-state index contributed by atoms with van der Waals surface area (Å²) >= 11 is 0. The summed E-state index contributed by atoms with van der Waals surface area (Å²) in [6, 6.07) is -0.0123. The van der Waals surface area contributed by atoms with Crippen molar-refractivity contribution in [3.63, 3.8) is 0 Å². The van der Waals surface area contributed by atoms with Crippen molar-refractivity contribution in [3.8, 4) is 0 Å². The number of hydrogen-bond donors (Lipinski definition) is 2. The minimum atomic E-state index is -0.0123. The van der Waals surface area contributed by atoms with E-state index >= 15 is 0 Å². The third-order valence-corrected chi connectivity index (χ3v) is 1.99. The summed E-state index contributed by atoms with van der Waals surface area (Å²) in [6.45, 7) is 6.63. The van der Waals surface area contributed by atoms with Crippen molar-refractivity contribution in [3.05, 3.63) is 12.2 Å². The molecule has 0 aliphatic rings. The van der Waals surface area contributed by atoms with Gasteiger partial charge < -0.3 is 5.73 Å². The Morgan fingerprint density at radius 3 is 2.69 bits per heavy atom.